The highest BCUT2D eigenvalue weighted by atomic mass is 35.5. The number of carbonyl (C=O) groups excluding carboxylic acids is 2. The quantitative estimate of drug-likeness (QED) is 0.603. The monoisotopic (exact) mass is 412 g/mol. The Morgan fingerprint density at radius 3 is 2.41 bits per heavy atom. The second kappa shape index (κ2) is 9.71. The molecule has 0 spiro atoms. The molecule has 3 aromatic rings. The lowest BCUT2D eigenvalue weighted by molar-refractivity contribution is -0.118. The first-order chi connectivity index (χ1) is 14.0. The van der Waals surface area contributed by atoms with Crippen molar-refractivity contribution in [3.8, 4) is 5.75 Å². The molecule has 0 aliphatic carbocycles. The molecule has 0 bridgehead atoms. The van der Waals surface area contributed by atoms with E-state index >= 15 is 0 Å². The van der Waals surface area contributed by atoms with Crippen molar-refractivity contribution in [2.75, 3.05) is 11.9 Å². The van der Waals surface area contributed by atoms with Gasteiger partial charge in [-0.25, -0.2) is 4.39 Å². The number of carbonyl (C=O) groups is 2. The molecular formula is C22H18ClFN2O3. The molecule has 29 heavy (non-hydrogen) atoms. The number of ether oxygens (including phenoxy) is 1. The zero-order chi connectivity index (χ0) is 20.6. The molecule has 0 aliphatic rings. The summed E-state index contributed by atoms with van der Waals surface area (Å²) >= 11 is 6.10. The smallest absolute Gasteiger partial charge is 0.262 e. The standard InChI is InChI=1S/C22H18ClFN2O3/c23-17-9-3-1-7-15(17)13-25-22(28)16-8-2-6-12-20(16)29-14-21(27)26-19-11-5-4-10-18(19)24/h1-12H,13-14H2,(H,25,28)(H,26,27). The van der Waals surface area contributed by atoms with Gasteiger partial charge in [0.05, 0.1) is 11.3 Å². The first-order valence-electron chi connectivity index (χ1n) is 8.82. The van der Waals surface area contributed by atoms with E-state index < -0.39 is 11.7 Å². The van der Waals surface area contributed by atoms with Crippen LogP contribution in [0.15, 0.2) is 72.8 Å². The number of benzene rings is 3. The van der Waals surface area contributed by atoms with Crippen LogP contribution >= 0.6 is 11.6 Å². The van der Waals surface area contributed by atoms with Gasteiger partial charge in [-0.3, -0.25) is 9.59 Å². The van der Waals surface area contributed by atoms with Gasteiger partial charge in [0.15, 0.2) is 6.61 Å². The van der Waals surface area contributed by atoms with Gasteiger partial charge in [-0.05, 0) is 35.9 Å². The van der Waals surface area contributed by atoms with Gasteiger partial charge in [0.25, 0.3) is 11.8 Å². The van der Waals surface area contributed by atoms with Crippen molar-refractivity contribution in [3.63, 3.8) is 0 Å². The maximum atomic E-state index is 13.6. The Hall–Kier alpha value is -3.38. The van der Waals surface area contributed by atoms with E-state index in [0.717, 1.165) is 5.56 Å². The van der Waals surface area contributed by atoms with Gasteiger partial charge < -0.3 is 15.4 Å². The van der Waals surface area contributed by atoms with Gasteiger partial charge in [-0.2, -0.15) is 0 Å². The van der Waals surface area contributed by atoms with Gasteiger partial charge in [0.1, 0.15) is 11.6 Å². The zero-order valence-electron chi connectivity index (χ0n) is 15.3. The fourth-order valence-corrected chi connectivity index (χ4v) is 2.79. The molecule has 0 radical (unpaired) electrons. The van der Waals surface area contributed by atoms with Gasteiger partial charge in [0.2, 0.25) is 0 Å². The normalized spacial score (nSPS) is 10.3. The van der Waals surface area contributed by atoms with Crippen LogP contribution in [0.25, 0.3) is 0 Å². The predicted octanol–water partition coefficient (Wildman–Crippen LogP) is 4.43. The molecule has 0 fully saturated rings. The van der Waals surface area contributed by atoms with Crippen LogP contribution in [0.4, 0.5) is 10.1 Å². The number of para-hydroxylation sites is 2. The molecule has 0 saturated carbocycles. The first kappa shape index (κ1) is 20.4. The highest BCUT2D eigenvalue weighted by Crippen LogP contribution is 2.19. The fraction of sp³-hybridized carbons (Fsp3) is 0.0909. The summed E-state index contributed by atoms with van der Waals surface area (Å²) in [7, 11) is 0. The Kier molecular flexibility index (Phi) is 6.81. The summed E-state index contributed by atoms with van der Waals surface area (Å²) in [5.41, 5.74) is 1.12. The zero-order valence-corrected chi connectivity index (χ0v) is 16.1. The molecule has 0 atom stereocenters. The van der Waals surface area contributed by atoms with Crippen molar-refractivity contribution in [2.24, 2.45) is 0 Å². The highest BCUT2D eigenvalue weighted by Gasteiger charge is 2.14. The lowest BCUT2D eigenvalue weighted by Crippen LogP contribution is -2.25. The largest absolute Gasteiger partial charge is 0.483 e. The highest BCUT2D eigenvalue weighted by molar-refractivity contribution is 6.31. The van der Waals surface area contributed by atoms with E-state index in [1.165, 1.54) is 18.2 Å². The summed E-state index contributed by atoms with van der Waals surface area (Å²) in [6.45, 7) is -0.121. The van der Waals surface area contributed by atoms with E-state index in [-0.39, 0.29) is 36.1 Å². The van der Waals surface area contributed by atoms with Gasteiger partial charge in [0, 0.05) is 11.6 Å². The number of anilines is 1. The van der Waals surface area contributed by atoms with Crippen LogP contribution in [-0.2, 0) is 11.3 Å². The number of hydrogen-bond acceptors (Lipinski definition) is 3. The van der Waals surface area contributed by atoms with Crippen LogP contribution < -0.4 is 15.4 Å². The Bertz CT molecular complexity index is 1030. The average molecular weight is 413 g/mol. The Morgan fingerprint density at radius 1 is 0.931 bits per heavy atom. The van der Waals surface area contributed by atoms with Crippen molar-refractivity contribution < 1.29 is 18.7 Å². The second-order valence-electron chi connectivity index (χ2n) is 6.09. The topological polar surface area (TPSA) is 67.4 Å². The molecule has 2 amide bonds. The number of nitrogens with one attached hydrogen (secondary N) is 2. The summed E-state index contributed by atoms with van der Waals surface area (Å²) < 4.78 is 19.1. The van der Waals surface area contributed by atoms with Crippen molar-refractivity contribution in [2.45, 2.75) is 6.54 Å². The first-order valence-corrected chi connectivity index (χ1v) is 9.20. The summed E-state index contributed by atoms with van der Waals surface area (Å²) in [6.07, 6.45) is 0. The number of hydrogen-bond donors (Lipinski definition) is 2. The predicted molar refractivity (Wildman–Crippen MR) is 110 cm³/mol. The summed E-state index contributed by atoms with van der Waals surface area (Å²) in [5, 5.41) is 5.76. The molecule has 0 saturated heterocycles. The molecule has 7 heteroatoms. The van der Waals surface area contributed by atoms with E-state index in [1.54, 1.807) is 36.4 Å². The van der Waals surface area contributed by atoms with E-state index in [4.69, 9.17) is 16.3 Å². The lowest BCUT2D eigenvalue weighted by atomic mass is 10.1. The number of amides is 2. The van der Waals surface area contributed by atoms with E-state index in [2.05, 4.69) is 10.6 Å². The average Bonchev–Trinajstić information content (AvgIpc) is 2.73. The van der Waals surface area contributed by atoms with Crippen molar-refractivity contribution >= 4 is 29.1 Å². The molecule has 0 aromatic heterocycles. The molecule has 5 nitrogen and oxygen atoms in total. The van der Waals surface area contributed by atoms with Crippen LogP contribution in [0.2, 0.25) is 5.02 Å². The SMILES string of the molecule is O=C(COc1ccccc1C(=O)NCc1ccccc1Cl)Nc1ccccc1F. The molecule has 3 aromatic carbocycles. The minimum Gasteiger partial charge on any atom is -0.483 e. The number of halogens is 2. The third-order valence-corrected chi connectivity index (χ3v) is 4.40. The van der Waals surface area contributed by atoms with E-state index in [9.17, 15) is 14.0 Å². The summed E-state index contributed by atoms with van der Waals surface area (Å²) in [4.78, 5) is 24.6. The van der Waals surface area contributed by atoms with Crippen molar-refractivity contribution in [1.29, 1.82) is 0 Å². The molecular weight excluding hydrogens is 395 g/mol. The maximum Gasteiger partial charge on any atom is 0.262 e. The molecule has 0 unspecified atom stereocenters. The van der Waals surface area contributed by atoms with Gasteiger partial charge in [-0.1, -0.05) is 54.1 Å². The third kappa shape index (κ3) is 5.56. The third-order valence-electron chi connectivity index (χ3n) is 4.04. The molecule has 148 valence electrons. The van der Waals surface area contributed by atoms with Crippen molar-refractivity contribution in [3.05, 3.63) is 94.8 Å². The maximum absolute atomic E-state index is 13.6. The van der Waals surface area contributed by atoms with Crippen LogP contribution in [0.1, 0.15) is 15.9 Å². The Balaban J connectivity index is 1.61. The minimum atomic E-state index is -0.541. The van der Waals surface area contributed by atoms with Crippen molar-refractivity contribution in [1.82, 2.24) is 5.32 Å². The minimum absolute atomic E-state index is 0.0619. The van der Waals surface area contributed by atoms with Crippen LogP contribution in [0.5, 0.6) is 5.75 Å². The second-order valence-corrected chi connectivity index (χ2v) is 6.49. The summed E-state index contributed by atoms with van der Waals surface area (Å²) in [6, 6.07) is 19.6. The Labute approximate surface area is 172 Å². The summed E-state index contributed by atoms with van der Waals surface area (Å²) in [5.74, 6) is -1.20. The molecule has 3 rings (SSSR count). The fourth-order valence-electron chi connectivity index (χ4n) is 2.58. The molecule has 2 N–H and O–H groups in total. The van der Waals surface area contributed by atoms with Gasteiger partial charge >= 0.3 is 0 Å². The van der Waals surface area contributed by atoms with Crippen LogP contribution in [0, 0.1) is 5.82 Å². The van der Waals surface area contributed by atoms with E-state index in [0.29, 0.717) is 5.02 Å². The number of rotatable bonds is 7. The van der Waals surface area contributed by atoms with Gasteiger partial charge in [-0.15, -0.1) is 0 Å². The molecule has 0 aliphatic heterocycles. The lowest BCUT2D eigenvalue weighted by Gasteiger charge is -2.12. The molecule has 0 heterocycles. The van der Waals surface area contributed by atoms with Crippen LogP contribution in [-0.4, -0.2) is 18.4 Å². The van der Waals surface area contributed by atoms with E-state index in [1.807, 2.05) is 18.2 Å². The Morgan fingerprint density at radius 2 is 1.62 bits per heavy atom. The van der Waals surface area contributed by atoms with Crippen LogP contribution in [0.3, 0.4) is 0 Å².